The molecule has 1 aromatic carbocycles. The van der Waals surface area contributed by atoms with E-state index in [1.165, 1.54) is 12.1 Å². The molecule has 0 radical (unpaired) electrons. The van der Waals surface area contributed by atoms with E-state index >= 15 is 0 Å². The van der Waals surface area contributed by atoms with Crippen LogP contribution in [0.4, 0.5) is 10.1 Å². The number of aliphatic imine (C=N–C) groups is 2. The lowest BCUT2D eigenvalue weighted by Gasteiger charge is -2.32. The zero-order valence-electron chi connectivity index (χ0n) is 19.0. The molecule has 178 valence electrons. The van der Waals surface area contributed by atoms with E-state index in [0.29, 0.717) is 37.4 Å². The van der Waals surface area contributed by atoms with E-state index in [-0.39, 0.29) is 46.4 Å². The Balaban J connectivity index is 1.32. The number of hydrogen-bond donors (Lipinski definition) is 2. The van der Waals surface area contributed by atoms with Gasteiger partial charge in [0.2, 0.25) is 5.91 Å². The molecule has 0 bridgehead atoms. The molecule has 4 aliphatic heterocycles. The molecular weight excluding hydrogens is 445 g/mol. The summed E-state index contributed by atoms with van der Waals surface area (Å²) >= 11 is 1.74. The fourth-order valence-corrected chi connectivity index (χ4v) is 6.92. The SMILES string of the molecule is CC(=O)N1CCC(Oc2cc(F)ccc2NC2=NC=NC3SC(C4(N)OC4C)C(C)C23)CC1. The monoisotopic (exact) mass is 475 g/mol. The number of nitrogens with one attached hydrogen (secondary N) is 1. The average Bonchev–Trinajstić information content (AvgIpc) is 3.24. The fourth-order valence-electron chi connectivity index (χ4n) is 5.07. The van der Waals surface area contributed by atoms with E-state index in [2.05, 4.69) is 22.2 Å². The molecular formula is C23H30FN5O3S. The van der Waals surface area contributed by atoms with Crippen molar-refractivity contribution >= 4 is 35.5 Å². The predicted octanol–water partition coefficient (Wildman–Crippen LogP) is 2.84. The zero-order chi connectivity index (χ0) is 23.3. The summed E-state index contributed by atoms with van der Waals surface area (Å²) in [6, 6.07) is 4.49. The number of amides is 1. The number of fused-ring (bicyclic) bond motifs is 1. The summed E-state index contributed by atoms with van der Waals surface area (Å²) in [6.45, 7) is 7.01. The molecule has 5 rings (SSSR count). The number of epoxide rings is 1. The van der Waals surface area contributed by atoms with Crippen LogP contribution in [0.3, 0.4) is 0 Å². The summed E-state index contributed by atoms with van der Waals surface area (Å²) in [5.74, 6) is 1.16. The molecule has 0 aliphatic carbocycles. The third-order valence-corrected chi connectivity index (χ3v) is 8.94. The van der Waals surface area contributed by atoms with E-state index in [0.717, 1.165) is 5.84 Å². The van der Waals surface area contributed by atoms with Crippen molar-refractivity contribution in [3.63, 3.8) is 0 Å². The first kappa shape index (κ1) is 22.6. The van der Waals surface area contributed by atoms with Crippen molar-refractivity contribution < 1.29 is 18.7 Å². The van der Waals surface area contributed by atoms with E-state index in [9.17, 15) is 9.18 Å². The van der Waals surface area contributed by atoms with Gasteiger partial charge in [0.1, 0.15) is 41.3 Å². The number of nitrogens with zero attached hydrogens (tertiary/aromatic N) is 3. The Labute approximate surface area is 197 Å². The van der Waals surface area contributed by atoms with Crippen molar-refractivity contribution in [2.24, 2.45) is 27.6 Å². The van der Waals surface area contributed by atoms with Crippen LogP contribution in [0.1, 0.15) is 33.6 Å². The summed E-state index contributed by atoms with van der Waals surface area (Å²) < 4.78 is 26.0. The van der Waals surface area contributed by atoms with Gasteiger partial charge in [0.15, 0.2) is 5.72 Å². The summed E-state index contributed by atoms with van der Waals surface area (Å²) in [5.41, 5.74) is 6.51. The summed E-state index contributed by atoms with van der Waals surface area (Å²) in [5, 5.41) is 3.52. The van der Waals surface area contributed by atoms with Gasteiger partial charge in [0, 0.05) is 38.9 Å². The van der Waals surface area contributed by atoms with Crippen molar-refractivity contribution in [2.45, 2.75) is 62.2 Å². The molecule has 1 amide bonds. The number of rotatable bonds is 4. The molecule has 3 saturated heterocycles. The number of hydrogen-bond acceptors (Lipinski definition) is 8. The van der Waals surface area contributed by atoms with Crippen LogP contribution in [-0.2, 0) is 9.53 Å². The van der Waals surface area contributed by atoms with Gasteiger partial charge in [0.25, 0.3) is 0 Å². The minimum atomic E-state index is -0.624. The third kappa shape index (κ3) is 4.24. The molecule has 4 aliphatic rings. The Bertz CT molecular complexity index is 998. The number of anilines is 1. The Hall–Kier alpha value is -2.17. The first-order valence-electron chi connectivity index (χ1n) is 11.5. The van der Waals surface area contributed by atoms with Crippen LogP contribution in [0.15, 0.2) is 28.2 Å². The lowest BCUT2D eigenvalue weighted by atomic mass is 9.86. The van der Waals surface area contributed by atoms with Crippen LogP contribution in [0, 0.1) is 17.7 Å². The van der Waals surface area contributed by atoms with Crippen LogP contribution in [-0.4, -0.2) is 64.6 Å². The van der Waals surface area contributed by atoms with E-state index < -0.39 is 5.72 Å². The van der Waals surface area contributed by atoms with Gasteiger partial charge in [-0.05, 0) is 25.0 Å². The van der Waals surface area contributed by atoms with Gasteiger partial charge in [-0.1, -0.05) is 6.92 Å². The molecule has 6 atom stereocenters. The Kier molecular flexibility index (Phi) is 5.86. The first-order valence-corrected chi connectivity index (χ1v) is 12.4. The molecule has 3 fully saturated rings. The highest BCUT2D eigenvalue weighted by atomic mass is 32.2. The molecule has 1 aromatic rings. The maximum Gasteiger partial charge on any atom is 0.219 e. The second-order valence-corrected chi connectivity index (χ2v) is 10.6. The number of benzene rings is 1. The quantitative estimate of drug-likeness (QED) is 0.649. The van der Waals surface area contributed by atoms with Gasteiger partial charge >= 0.3 is 0 Å². The largest absolute Gasteiger partial charge is 0.488 e. The predicted molar refractivity (Wildman–Crippen MR) is 127 cm³/mol. The van der Waals surface area contributed by atoms with Gasteiger partial charge < -0.3 is 25.4 Å². The molecule has 10 heteroatoms. The molecule has 6 unspecified atom stereocenters. The number of carbonyl (C=O) groups excluding carboxylic acids is 1. The smallest absolute Gasteiger partial charge is 0.219 e. The summed E-state index contributed by atoms with van der Waals surface area (Å²) in [4.78, 5) is 22.5. The number of halogens is 1. The zero-order valence-corrected chi connectivity index (χ0v) is 19.8. The molecule has 33 heavy (non-hydrogen) atoms. The van der Waals surface area contributed by atoms with Crippen molar-refractivity contribution in [2.75, 3.05) is 18.4 Å². The maximum absolute atomic E-state index is 14.1. The molecule has 4 heterocycles. The number of thioether (sulfide) groups is 1. The topological polar surface area (TPSA) is 105 Å². The van der Waals surface area contributed by atoms with Crippen LogP contribution in [0.5, 0.6) is 5.75 Å². The van der Waals surface area contributed by atoms with Gasteiger partial charge in [-0.15, -0.1) is 11.8 Å². The average molecular weight is 476 g/mol. The van der Waals surface area contributed by atoms with E-state index in [1.807, 2.05) is 11.8 Å². The number of carbonyl (C=O) groups is 1. The van der Waals surface area contributed by atoms with Crippen molar-refractivity contribution in [1.82, 2.24) is 4.90 Å². The van der Waals surface area contributed by atoms with Gasteiger partial charge in [-0.25, -0.2) is 9.38 Å². The molecule has 0 spiro atoms. The van der Waals surface area contributed by atoms with Crippen LogP contribution in [0.25, 0.3) is 0 Å². The first-order chi connectivity index (χ1) is 15.8. The minimum Gasteiger partial charge on any atom is -0.488 e. The number of amidine groups is 1. The molecule has 0 saturated carbocycles. The normalized spacial score (nSPS) is 35.7. The minimum absolute atomic E-state index is 0.00236. The van der Waals surface area contributed by atoms with Crippen molar-refractivity contribution in [3.8, 4) is 5.75 Å². The van der Waals surface area contributed by atoms with Crippen LogP contribution < -0.4 is 15.8 Å². The third-order valence-electron chi connectivity index (χ3n) is 7.15. The number of piperidine rings is 1. The highest BCUT2D eigenvalue weighted by Gasteiger charge is 2.63. The van der Waals surface area contributed by atoms with E-state index in [4.69, 9.17) is 15.2 Å². The second-order valence-electron chi connectivity index (χ2n) is 9.31. The summed E-state index contributed by atoms with van der Waals surface area (Å²) in [6.07, 6.45) is 2.94. The van der Waals surface area contributed by atoms with Gasteiger partial charge in [-0.2, -0.15) is 0 Å². The molecule has 0 aromatic heterocycles. The Morgan fingerprint density at radius 1 is 1.36 bits per heavy atom. The standard InChI is InChI=1S/C23H30FN5O3S/c1-12-19-21(26-11-27-22(19)33-20(12)23(25)13(2)32-23)28-17-5-4-15(24)10-18(17)31-16-6-8-29(9-7-16)14(3)30/h4-5,10-13,16,19-20,22H,6-9,25H2,1-3H3,(H,26,27,28). The fraction of sp³-hybridized carbons (Fsp3) is 0.609. The van der Waals surface area contributed by atoms with Gasteiger partial charge in [0.05, 0.1) is 16.9 Å². The van der Waals surface area contributed by atoms with Crippen LogP contribution >= 0.6 is 11.8 Å². The lowest BCUT2D eigenvalue weighted by molar-refractivity contribution is -0.130. The van der Waals surface area contributed by atoms with E-state index in [1.54, 1.807) is 31.1 Å². The molecule has 3 N–H and O–H groups in total. The summed E-state index contributed by atoms with van der Waals surface area (Å²) in [7, 11) is 0. The van der Waals surface area contributed by atoms with Crippen LogP contribution in [0.2, 0.25) is 0 Å². The van der Waals surface area contributed by atoms with Crippen molar-refractivity contribution in [1.29, 1.82) is 0 Å². The lowest BCUT2D eigenvalue weighted by Crippen LogP contribution is -2.43. The van der Waals surface area contributed by atoms with Crippen molar-refractivity contribution in [3.05, 3.63) is 24.0 Å². The number of likely N-dealkylation sites (tertiary alicyclic amines) is 1. The highest BCUT2D eigenvalue weighted by Crippen LogP contribution is 2.54. The highest BCUT2D eigenvalue weighted by molar-refractivity contribution is 8.00. The number of nitrogens with two attached hydrogens (primary N) is 1. The molecule has 8 nitrogen and oxygen atoms in total. The Morgan fingerprint density at radius 2 is 2.09 bits per heavy atom. The van der Waals surface area contributed by atoms with Gasteiger partial charge in [-0.3, -0.25) is 9.79 Å². The maximum atomic E-state index is 14.1. The Morgan fingerprint density at radius 3 is 2.76 bits per heavy atom. The second kappa shape index (κ2) is 8.56. The number of ether oxygens (including phenoxy) is 2.